The first-order valence-corrected chi connectivity index (χ1v) is 3.23. The second kappa shape index (κ2) is 7.21. The van der Waals surface area contributed by atoms with Gasteiger partial charge in [-0.1, -0.05) is 0 Å². The maximum atomic E-state index is 4.98. The smallest absolute Gasteiger partial charge is 0.314 e. The predicted molar refractivity (Wildman–Crippen MR) is 39.9 cm³/mol. The summed E-state index contributed by atoms with van der Waals surface area (Å²) in [5.74, 6) is 0.348. The zero-order valence-corrected chi connectivity index (χ0v) is 7.12. The highest BCUT2D eigenvalue weighted by Crippen LogP contribution is 1.94. The Morgan fingerprint density at radius 3 is 2.18 bits per heavy atom. The summed E-state index contributed by atoms with van der Waals surface area (Å²) >= 11 is 0. The molecule has 11 heavy (non-hydrogen) atoms. The molecule has 4 heteroatoms. The van der Waals surface area contributed by atoms with Gasteiger partial charge >= 0.3 is 5.95 Å². The van der Waals surface area contributed by atoms with Crippen LogP contribution in [0.1, 0.15) is 0 Å². The molecule has 0 bridgehead atoms. The highest BCUT2D eigenvalue weighted by molar-refractivity contribution is 4.73. The molecule has 0 aliphatic heterocycles. The molecule has 0 rings (SSSR count). The molecule has 0 aliphatic carbocycles. The second-order valence-electron chi connectivity index (χ2n) is 1.71. The SMILES string of the molecule is COCCOC=C(OC)OC. The Hall–Kier alpha value is -0.900. The molecule has 4 nitrogen and oxygen atoms in total. The van der Waals surface area contributed by atoms with Crippen molar-refractivity contribution < 1.29 is 18.9 Å². The van der Waals surface area contributed by atoms with E-state index in [1.165, 1.54) is 20.5 Å². The van der Waals surface area contributed by atoms with Gasteiger partial charge in [0.15, 0.2) is 6.26 Å². The Balaban J connectivity index is 3.37. The van der Waals surface area contributed by atoms with E-state index in [2.05, 4.69) is 0 Å². The minimum atomic E-state index is 0.348. The fourth-order valence-corrected chi connectivity index (χ4v) is 0.438. The standard InChI is InChI=1S/C7H14O4/c1-8-4-5-11-6-7(9-2)10-3/h6H,4-5H2,1-3H3. The maximum absolute atomic E-state index is 4.98. The van der Waals surface area contributed by atoms with Crippen molar-refractivity contribution >= 4 is 0 Å². The molecule has 0 unspecified atom stereocenters. The molecule has 0 aromatic carbocycles. The van der Waals surface area contributed by atoms with E-state index in [-0.39, 0.29) is 0 Å². The van der Waals surface area contributed by atoms with Gasteiger partial charge in [0.1, 0.15) is 6.61 Å². The summed E-state index contributed by atoms with van der Waals surface area (Å²) in [5.41, 5.74) is 0. The molecule has 0 aromatic heterocycles. The van der Waals surface area contributed by atoms with E-state index in [4.69, 9.17) is 18.9 Å². The van der Waals surface area contributed by atoms with Crippen molar-refractivity contribution in [3.8, 4) is 0 Å². The molecular weight excluding hydrogens is 148 g/mol. The minimum absolute atomic E-state index is 0.348. The molecule has 0 N–H and O–H groups in total. The molecule has 0 spiro atoms. The van der Waals surface area contributed by atoms with Gasteiger partial charge in [0.25, 0.3) is 0 Å². The Labute approximate surface area is 66.7 Å². The Morgan fingerprint density at radius 1 is 1.09 bits per heavy atom. The molecule has 0 amide bonds. The van der Waals surface area contributed by atoms with Crippen LogP contribution in [0.2, 0.25) is 0 Å². The lowest BCUT2D eigenvalue weighted by atomic mass is 10.8. The zero-order chi connectivity index (χ0) is 8.53. The van der Waals surface area contributed by atoms with E-state index in [0.717, 1.165) is 0 Å². The van der Waals surface area contributed by atoms with Crippen LogP contribution in [0.15, 0.2) is 12.2 Å². The largest absolute Gasteiger partial charge is 0.491 e. The van der Waals surface area contributed by atoms with Crippen LogP contribution >= 0.6 is 0 Å². The van der Waals surface area contributed by atoms with Gasteiger partial charge in [0.2, 0.25) is 0 Å². The van der Waals surface area contributed by atoms with Crippen LogP contribution in [0.5, 0.6) is 0 Å². The summed E-state index contributed by atoms with van der Waals surface area (Å²) in [6.45, 7) is 1.05. The van der Waals surface area contributed by atoms with Crippen LogP contribution in [0, 0.1) is 0 Å². The summed E-state index contributed by atoms with van der Waals surface area (Å²) in [6.07, 6.45) is 1.40. The quantitative estimate of drug-likeness (QED) is 0.426. The summed E-state index contributed by atoms with van der Waals surface area (Å²) in [4.78, 5) is 0. The molecule has 0 atom stereocenters. The van der Waals surface area contributed by atoms with Crippen molar-refractivity contribution in [2.45, 2.75) is 0 Å². The van der Waals surface area contributed by atoms with Crippen LogP contribution in [-0.4, -0.2) is 34.5 Å². The topological polar surface area (TPSA) is 36.9 Å². The van der Waals surface area contributed by atoms with E-state index in [9.17, 15) is 0 Å². The van der Waals surface area contributed by atoms with Gasteiger partial charge < -0.3 is 18.9 Å². The molecule has 0 aliphatic rings. The Morgan fingerprint density at radius 2 is 1.73 bits per heavy atom. The van der Waals surface area contributed by atoms with Crippen LogP contribution in [0.4, 0.5) is 0 Å². The number of hydrogen-bond acceptors (Lipinski definition) is 4. The average molecular weight is 162 g/mol. The molecule has 0 saturated carbocycles. The third-order valence-corrected chi connectivity index (χ3v) is 0.987. The van der Waals surface area contributed by atoms with Crippen LogP contribution in [0.25, 0.3) is 0 Å². The number of rotatable bonds is 6. The van der Waals surface area contributed by atoms with Gasteiger partial charge in [-0.15, -0.1) is 0 Å². The average Bonchev–Trinajstić information content (AvgIpc) is 2.05. The van der Waals surface area contributed by atoms with Gasteiger partial charge in [-0.2, -0.15) is 0 Å². The normalized spacial score (nSPS) is 8.64. The van der Waals surface area contributed by atoms with Crippen molar-refractivity contribution in [2.75, 3.05) is 34.5 Å². The Kier molecular flexibility index (Phi) is 6.62. The fourth-order valence-electron chi connectivity index (χ4n) is 0.438. The monoisotopic (exact) mass is 162 g/mol. The van der Waals surface area contributed by atoms with E-state index in [1.807, 2.05) is 0 Å². The van der Waals surface area contributed by atoms with Gasteiger partial charge in [0, 0.05) is 7.11 Å². The Bertz CT molecular complexity index is 105. The van der Waals surface area contributed by atoms with E-state index in [0.29, 0.717) is 19.2 Å². The lowest BCUT2D eigenvalue weighted by molar-refractivity contribution is 0.0638. The molecule has 0 radical (unpaired) electrons. The predicted octanol–water partition coefficient (Wildman–Crippen LogP) is 0.741. The van der Waals surface area contributed by atoms with Crippen molar-refractivity contribution in [1.29, 1.82) is 0 Å². The second-order valence-corrected chi connectivity index (χ2v) is 1.71. The third-order valence-electron chi connectivity index (χ3n) is 0.987. The fraction of sp³-hybridized carbons (Fsp3) is 0.714. The van der Waals surface area contributed by atoms with Gasteiger partial charge in [-0.25, -0.2) is 0 Å². The summed E-state index contributed by atoms with van der Waals surface area (Å²) in [6, 6.07) is 0. The van der Waals surface area contributed by atoms with Gasteiger partial charge in [-0.05, 0) is 0 Å². The van der Waals surface area contributed by atoms with Gasteiger partial charge in [0.05, 0.1) is 20.8 Å². The van der Waals surface area contributed by atoms with Crippen molar-refractivity contribution in [3.05, 3.63) is 12.2 Å². The summed E-state index contributed by atoms with van der Waals surface area (Å²) in [7, 11) is 4.63. The van der Waals surface area contributed by atoms with Crippen LogP contribution in [0.3, 0.4) is 0 Å². The molecule has 0 aromatic rings. The van der Waals surface area contributed by atoms with Crippen molar-refractivity contribution in [2.24, 2.45) is 0 Å². The summed E-state index contributed by atoms with van der Waals surface area (Å²) in [5, 5.41) is 0. The number of hydrogen-bond donors (Lipinski definition) is 0. The molecule has 0 fully saturated rings. The summed E-state index contributed by atoms with van der Waals surface area (Å²) < 4.78 is 19.2. The van der Waals surface area contributed by atoms with Crippen LogP contribution < -0.4 is 0 Å². The lowest BCUT2D eigenvalue weighted by Crippen LogP contribution is -1.99. The number of methoxy groups -OCH3 is 3. The van der Waals surface area contributed by atoms with Crippen molar-refractivity contribution in [1.82, 2.24) is 0 Å². The van der Waals surface area contributed by atoms with E-state index < -0.39 is 0 Å². The first-order valence-electron chi connectivity index (χ1n) is 3.23. The minimum Gasteiger partial charge on any atom is -0.491 e. The highest BCUT2D eigenvalue weighted by Gasteiger charge is 1.91. The van der Waals surface area contributed by atoms with Crippen LogP contribution in [-0.2, 0) is 18.9 Å². The maximum Gasteiger partial charge on any atom is 0.314 e. The molecule has 0 heterocycles. The molecule has 66 valence electrons. The zero-order valence-electron chi connectivity index (χ0n) is 7.12. The van der Waals surface area contributed by atoms with Crippen molar-refractivity contribution in [3.63, 3.8) is 0 Å². The van der Waals surface area contributed by atoms with Gasteiger partial charge in [-0.3, -0.25) is 0 Å². The number of ether oxygens (including phenoxy) is 4. The molecule has 0 saturated heterocycles. The third kappa shape index (κ3) is 5.54. The van der Waals surface area contributed by atoms with E-state index >= 15 is 0 Å². The first kappa shape index (κ1) is 10.1. The lowest BCUT2D eigenvalue weighted by Gasteiger charge is -2.03. The first-order chi connectivity index (χ1) is 5.35. The highest BCUT2D eigenvalue weighted by atomic mass is 16.7. The molecular formula is C7H14O4. The van der Waals surface area contributed by atoms with E-state index in [1.54, 1.807) is 7.11 Å².